The van der Waals surface area contributed by atoms with Gasteiger partial charge in [-0.25, -0.2) is 9.37 Å². The molecule has 0 radical (unpaired) electrons. The Balaban J connectivity index is 1.94. The number of oxime groups is 1. The number of hydrogen-bond acceptors (Lipinski definition) is 4. The second-order valence-electron chi connectivity index (χ2n) is 4.56. The fourth-order valence-electron chi connectivity index (χ4n) is 2.35. The van der Waals surface area contributed by atoms with Crippen molar-refractivity contribution >= 4 is 17.3 Å². The summed E-state index contributed by atoms with van der Waals surface area (Å²) in [5.41, 5.74) is 7.97. The SMILES string of the molecule is N/C(=N/O)c1ccc(N2CCc3ccc(F)cc32)nc1. The second kappa shape index (κ2) is 4.80. The number of aromatic nitrogens is 1. The molecule has 0 aliphatic carbocycles. The van der Waals surface area contributed by atoms with Crippen molar-refractivity contribution in [3.05, 3.63) is 53.5 Å². The van der Waals surface area contributed by atoms with E-state index in [2.05, 4.69) is 10.1 Å². The predicted molar refractivity (Wildman–Crippen MR) is 73.9 cm³/mol. The zero-order valence-electron chi connectivity index (χ0n) is 10.6. The minimum absolute atomic E-state index is 0.0110. The average Bonchev–Trinajstić information content (AvgIpc) is 2.89. The first kappa shape index (κ1) is 12.4. The molecule has 6 heteroatoms. The van der Waals surface area contributed by atoms with Crippen LogP contribution in [0.2, 0.25) is 0 Å². The molecule has 0 saturated carbocycles. The summed E-state index contributed by atoms with van der Waals surface area (Å²) in [5.74, 6) is 0.463. The van der Waals surface area contributed by atoms with Crippen LogP contribution in [0.15, 0.2) is 41.7 Å². The van der Waals surface area contributed by atoms with Crippen LogP contribution in [0, 0.1) is 5.82 Å². The highest BCUT2D eigenvalue weighted by Gasteiger charge is 2.21. The van der Waals surface area contributed by atoms with Crippen LogP contribution in [0.25, 0.3) is 0 Å². The maximum Gasteiger partial charge on any atom is 0.171 e. The third-order valence-electron chi connectivity index (χ3n) is 3.37. The Morgan fingerprint density at radius 2 is 2.20 bits per heavy atom. The van der Waals surface area contributed by atoms with E-state index >= 15 is 0 Å². The molecule has 0 bridgehead atoms. The fourth-order valence-corrected chi connectivity index (χ4v) is 2.35. The third-order valence-corrected chi connectivity index (χ3v) is 3.37. The van der Waals surface area contributed by atoms with E-state index in [1.54, 1.807) is 18.2 Å². The summed E-state index contributed by atoms with van der Waals surface area (Å²) in [4.78, 5) is 6.24. The van der Waals surface area contributed by atoms with Crippen LogP contribution in [-0.4, -0.2) is 22.6 Å². The summed E-state index contributed by atoms with van der Waals surface area (Å²) in [6, 6.07) is 8.27. The average molecular weight is 272 g/mol. The standard InChI is InChI=1S/C14H13FN4O/c15-11-3-1-9-5-6-19(12(9)7-11)13-4-2-10(8-17-13)14(16)18-20/h1-4,7-8,20H,5-6H2,(H2,16,18). The Bertz CT molecular complexity index is 669. The van der Waals surface area contributed by atoms with Gasteiger partial charge in [-0.05, 0) is 36.2 Å². The fraction of sp³-hybridized carbons (Fsp3) is 0.143. The molecule has 102 valence electrons. The van der Waals surface area contributed by atoms with Crippen molar-refractivity contribution in [1.82, 2.24) is 4.98 Å². The van der Waals surface area contributed by atoms with Crippen LogP contribution < -0.4 is 10.6 Å². The van der Waals surface area contributed by atoms with E-state index in [1.807, 2.05) is 4.90 Å². The molecular weight excluding hydrogens is 259 g/mol. The summed E-state index contributed by atoms with van der Waals surface area (Å²) < 4.78 is 13.4. The minimum atomic E-state index is -0.260. The molecule has 5 nitrogen and oxygen atoms in total. The van der Waals surface area contributed by atoms with E-state index in [1.165, 1.54) is 18.3 Å². The number of hydrogen-bond donors (Lipinski definition) is 2. The summed E-state index contributed by atoms with van der Waals surface area (Å²) in [5, 5.41) is 11.5. The molecule has 0 amide bonds. The van der Waals surface area contributed by atoms with Gasteiger partial charge >= 0.3 is 0 Å². The molecule has 20 heavy (non-hydrogen) atoms. The van der Waals surface area contributed by atoms with Gasteiger partial charge in [0.25, 0.3) is 0 Å². The van der Waals surface area contributed by atoms with Crippen molar-refractivity contribution in [1.29, 1.82) is 0 Å². The lowest BCUT2D eigenvalue weighted by Crippen LogP contribution is -2.17. The van der Waals surface area contributed by atoms with Gasteiger partial charge in [-0.15, -0.1) is 0 Å². The number of benzene rings is 1. The lowest BCUT2D eigenvalue weighted by Gasteiger charge is -2.18. The molecule has 2 aromatic rings. The van der Waals surface area contributed by atoms with Gasteiger partial charge in [0.2, 0.25) is 0 Å². The van der Waals surface area contributed by atoms with Crippen LogP contribution in [-0.2, 0) is 6.42 Å². The largest absolute Gasteiger partial charge is 0.409 e. The first-order chi connectivity index (χ1) is 9.69. The molecule has 1 aromatic heterocycles. The number of anilines is 2. The minimum Gasteiger partial charge on any atom is -0.409 e. The van der Waals surface area contributed by atoms with Crippen molar-refractivity contribution in [2.45, 2.75) is 6.42 Å². The molecule has 2 heterocycles. The van der Waals surface area contributed by atoms with Gasteiger partial charge < -0.3 is 15.8 Å². The van der Waals surface area contributed by atoms with Gasteiger partial charge in [-0.2, -0.15) is 0 Å². The first-order valence-corrected chi connectivity index (χ1v) is 6.19. The van der Waals surface area contributed by atoms with Crippen LogP contribution in [0.4, 0.5) is 15.9 Å². The molecule has 3 N–H and O–H groups in total. The highest BCUT2D eigenvalue weighted by molar-refractivity contribution is 5.96. The molecule has 1 aromatic carbocycles. The van der Waals surface area contributed by atoms with E-state index in [-0.39, 0.29) is 11.7 Å². The van der Waals surface area contributed by atoms with Gasteiger partial charge in [0.1, 0.15) is 11.6 Å². The van der Waals surface area contributed by atoms with Gasteiger partial charge in [0.05, 0.1) is 0 Å². The molecule has 1 aliphatic heterocycles. The highest BCUT2D eigenvalue weighted by Crippen LogP contribution is 2.33. The summed E-state index contributed by atoms with van der Waals surface area (Å²) in [7, 11) is 0. The summed E-state index contributed by atoms with van der Waals surface area (Å²) in [6.45, 7) is 0.759. The Kier molecular flexibility index (Phi) is 2.98. The number of pyridine rings is 1. The second-order valence-corrected chi connectivity index (χ2v) is 4.56. The van der Waals surface area contributed by atoms with Crippen LogP contribution in [0.5, 0.6) is 0 Å². The van der Waals surface area contributed by atoms with E-state index in [4.69, 9.17) is 10.9 Å². The van der Waals surface area contributed by atoms with Crippen molar-refractivity contribution in [2.24, 2.45) is 10.9 Å². The van der Waals surface area contributed by atoms with Crippen molar-refractivity contribution < 1.29 is 9.60 Å². The van der Waals surface area contributed by atoms with Gasteiger partial charge in [-0.3, -0.25) is 0 Å². The zero-order chi connectivity index (χ0) is 14.1. The van der Waals surface area contributed by atoms with E-state index in [0.717, 1.165) is 24.2 Å². The zero-order valence-corrected chi connectivity index (χ0v) is 10.6. The lowest BCUT2D eigenvalue weighted by molar-refractivity contribution is 0.318. The van der Waals surface area contributed by atoms with Crippen LogP contribution in [0.1, 0.15) is 11.1 Å². The molecule has 0 atom stereocenters. The number of nitrogens with zero attached hydrogens (tertiary/aromatic N) is 3. The Hall–Kier alpha value is -2.63. The lowest BCUT2D eigenvalue weighted by atomic mass is 10.2. The van der Waals surface area contributed by atoms with Gasteiger partial charge in [0.15, 0.2) is 5.84 Å². The van der Waals surface area contributed by atoms with E-state index in [0.29, 0.717) is 11.4 Å². The normalized spacial score (nSPS) is 14.4. The van der Waals surface area contributed by atoms with E-state index < -0.39 is 0 Å². The summed E-state index contributed by atoms with van der Waals surface area (Å²) >= 11 is 0. The first-order valence-electron chi connectivity index (χ1n) is 6.19. The Labute approximate surface area is 115 Å². The van der Waals surface area contributed by atoms with Crippen LogP contribution >= 0.6 is 0 Å². The molecule has 1 aliphatic rings. The number of halogens is 1. The van der Waals surface area contributed by atoms with Crippen molar-refractivity contribution in [3.8, 4) is 0 Å². The van der Waals surface area contributed by atoms with Gasteiger partial charge in [-0.1, -0.05) is 11.2 Å². The predicted octanol–water partition coefficient (Wildman–Crippen LogP) is 2.01. The maximum atomic E-state index is 13.4. The van der Waals surface area contributed by atoms with Crippen LogP contribution in [0.3, 0.4) is 0 Å². The summed E-state index contributed by atoms with van der Waals surface area (Å²) in [6.07, 6.45) is 2.39. The maximum absolute atomic E-state index is 13.4. The Morgan fingerprint density at radius 3 is 2.90 bits per heavy atom. The number of rotatable bonds is 2. The van der Waals surface area contributed by atoms with Gasteiger partial charge in [0, 0.05) is 24.0 Å². The molecule has 0 saturated heterocycles. The quantitative estimate of drug-likeness (QED) is 0.379. The smallest absolute Gasteiger partial charge is 0.171 e. The molecule has 0 fully saturated rings. The molecule has 0 spiro atoms. The van der Waals surface area contributed by atoms with E-state index in [9.17, 15) is 4.39 Å². The highest BCUT2D eigenvalue weighted by atomic mass is 19.1. The topological polar surface area (TPSA) is 74.7 Å². The third kappa shape index (κ3) is 2.05. The van der Waals surface area contributed by atoms with Crippen molar-refractivity contribution in [3.63, 3.8) is 0 Å². The number of nitrogens with two attached hydrogens (primary N) is 1. The monoisotopic (exact) mass is 272 g/mol. The molecule has 0 unspecified atom stereocenters. The molecule has 3 rings (SSSR count). The number of amidine groups is 1. The van der Waals surface area contributed by atoms with Crippen molar-refractivity contribution in [2.75, 3.05) is 11.4 Å². The molecular formula is C14H13FN4O. The number of fused-ring (bicyclic) bond motifs is 1. The Morgan fingerprint density at radius 1 is 1.35 bits per heavy atom.